The molecule has 1 fully saturated rings. The molecule has 0 aromatic carbocycles. The molecule has 0 radical (unpaired) electrons. The zero-order chi connectivity index (χ0) is 8.97. The molecular formula is C9H16N2S. The molecule has 2 atom stereocenters. The van der Waals surface area contributed by atoms with Crippen molar-refractivity contribution < 1.29 is 0 Å². The van der Waals surface area contributed by atoms with Crippen LogP contribution in [0.25, 0.3) is 0 Å². The summed E-state index contributed by atoms with van der Waals surface area (Å²) in [4.78, 5) is 2.37. The van der Waals surface area contributed by atoms with Crippen LogP contribution in [0.15, 0.2) is 0 Å². The van der Waals surface area contributed by atoms with Gasteiger partial charge in [0.15, 0.2) is 0 Å². The van der Waals surface area contributed by atoms with Gasteiger partial charge in [0.1, 0.15) is 0 Å². The van der Waals surface area contributed by atoms with Gasteiger partial charge in [0.25, 0.3) is 0 Å². The van der Waals surface area contributed by atoms with Gasteiger partial charge in [0.05, 0.1) is 12.0 Å². The minimum Gasteiger partial charge on any atom is -0.302 e. The van der Waals surface area contributed by atoms with E-state index in [-0.39, 0.29) is 5.92 Å². The molecule has 0 aliphatic carbocycles. The summed E-state index contributed by atoms with van der Waals surface area (Å²) in [5.41, 5.74) is 0. The van der Waals surface area contributed by atoms with Crippen LogP contribution in [0.2, 0.25) is 0 Å². The van der Waals surface area contributed by atoms with Crippen LogP contribution < -0.4 is 0 Å². The molecule has 12 heavy (non-hydrogen) atoms. The zero-order valence-corrected chi connectivity index (χ0v) is 8.43. The number of hydrogen-bond donors (Lipinski definition) is 1. The highest BCUT2D eigenvalue weighted by atomic mass is 32.1. The standard InChI is InChI=1S/C9H16N2S/c1-8(7-12)5-11-3-2-9(4-10)6-11/h8-9,12H,2-3,5-7H2,1H3. The molecule has 1 saturated heterocycles. The van der Waals surface area contributed by atoms with Crippen molar-refractivity contribution in [2.75, 3.05) is 25.4 Å². The van der Waals surface area contributed by atoms with Crippen LogP contribution in [0, 0.1) is 23.2 Å². The Morgan fingerprint density at radius 2 is 2.50 bits per heavy atom. The number of likely N-dealkylation sites (tertiary alicyclic amines) is 1. The summed E-state index contributed by atoms with van der Waals surface area (Å²) in [5, 5.41) is 8.68. The van der Waals surface area contributed by atoms with E-state index in [0.29, 0.717) is 5.92 Å². The molecule has 1 rings (SSSR count). The number of nitrogens with zero attached hydrogens (tertiary/aromatic N) is 2. The maximum absolute atomic E-state index is 8.68. The fourth-order valence-corrected chi connectivity index (χ4v) is 1.72. The Kier molecular flexibility index (Phi) is 3.90. The Bertz CT molecular complexity index is 176. The lowest BCUT2D eigenvalue weighted by atomic mass is 10.1. The van der Waals surface area contributed by atoms with Gasteiger partial charge in [-0.25, -0.2) is 0 Å². The third kappa shape index (κ3) is 2.69. The monoisotopic (exact) mass is 184 g/mol. The number of hydrogen-bond acceptors (Lipinski definition) is 3. The van der Waals surface area contributed by atoms with Crippen LogP contribution in [-0.2, 0) is 0 Å². The zero-order valence-electron chi connectivity index (χ0n) is 7.53. The second-order valence-electron chi connectivity index (χ2n) is 3.66. The molecule has 1 aliphatic rings. The summed E-state index contributed by atoms with van der Waals surface area (Å²) >= 11 is 4.24. The average Bonchev–Trinajstić information content (AvgIpc) is 2.52. The highest BCUT2D eigenvalue weighted by Crippen LogP contribution is 2.16. The SMILES string of the molecule is CC(CS)CN1CCC(C#N)C1. The number of nitriles is 1. The molecule has 1 heterocycles. The molecule has 0 spiro atoms. The van der Waals surface area contributed by atoms with E-state index in [0.717, 1.165) is 31.8 Å². The lowest BCUT2D eigenvalue weighted by molar-refractivity contribution is 0.296. The van der Waals surface area contributed by atoms with E-state index < -0.39 is 0 Å². The van der Waals surface area contributed by atoms with Crippen molar-refractivity contribution in [3.63, 3.8) is 0 Å². The Labute approximate surface area is 80.0 Å². The lowest BCUT2D eigenvalue weighted by Gasteiger charge is -2.18. The summed E-state index contributed by atoms with van der Waals surface area (Å²) in [6.45, 7) is 5.36. The van der Waals surface area contributed by atoms with Gasteiger partial charge in [-0.1, -0.05) is 6.92 Å². The summed E-state index contributed by atoms with van der Waals surface area (Å²) in [6.07, 6.45) is 1.05. The van der Waals surface area contributed by atoms with Crippen LogP contribution in [0.1, 0.15) is 13.3 Å². The van der Waals surface area contributed by atoms with Crippen molar-refractivity contribution in [1.29, 1.82) is 5.26 Å². The van der Waals surface area contributed by atoms with Gasteiger partial charge >= 0.3 is 0 Å². The van der Waals surface area contributed by atoms with E-state index in [1.54, 1.807) is 0 Å². The molecule has 2 unspecified atom stereocenters. The molecule has 0 amide bonds. The first-order chi connectivity index (χ1) is 5.76. The fourth-order valence-electron chi connectivity index (χ4n) is 1.60. The molecule has 68 valence electrons. The predicted octanol–water partition coefficient (Wildman–Crippen LogP) is 1.40. The molecule has 3 heteroatoms. The molecule has 1 aliphatic heterocycles. The Morgan fingerprint density at radius 1 is 1.75 bits per heavy atom. The minimum absolute atomic E-state index is 0.275. The Hall–Kier alpha value is -0.200. The normalized spacial score (nSPS) is 26.9. The Morgan fingerprint density at radius 3 is 3.00 bits per heavy atom. The van der Waals surface area contributed by atoms with Gasteiger partial charge in [-0.15, -0.1) is 0 Å². The molecule has 0 aromatic rings. The third-order valence-electron chi connectivity index (χ3n) is 2.34. The second-order valence-corrected chi connectivity index (χ2v) is 4.03. The smallest absolute Gasteiger partial charge is 0.0669 e. The van der Waals surface area contributed by atoms with Gasteiger partial charge in [-0.3, -0.25) is 0 Å². The van der Waals surface area contributed by atoms with E-state index in [1.807, 2.05) is 0 Å². The van der Waals surface area contributed by atoms with Crippen molar-refractivity contribution in [3.8, 4) is 6.07 Å². The minimum atomic E-state index is 0.275. The van der Waals surface area contributed by atoms with Gasteiger partial charge < -0.3 is 4.90 Å². The van der Waals surface area contributed by atoms with Crippen LogP contribution in [0.4, 0.5) is 0 Å². The predicted molar refractivity (Wildman–Crippen MR) is 53.2 cm³/mol. The Balaban J connectivity index is 2.24. The lowest BCUT2D eigenvalue weighted by Crippen LogP contribution is -2.26. The highest BCUT2D eigenvalue weighted by molar-refractivity contribution is 7.80. The third-order valence-corrected chi connectivity index (χ3v) is 2.96. The number of rotatable bonds is 3. The van der Waals surface area contributed by atoms with Crippen LogP contribution in [0.5, 0.6) is 0 Å². The molecular weight excluding hydrogens is 168 g/mol. The molecule has 0 bridgehead atoms. The molecule has 2 nitrogen and oxygen atoms in total. The van der Waals surface area contributed by atoms with E-state index in [4.69, 9.17) is 5.26 Å². The van der Waals surface area contributed by atoms with Crippen molar-refractivity contribution in [2.45, 2.75) is 13.3 Å². The first-order valence-corrected chi connectivity index (χ1v) is 5.12. The maximum Gasteiger partial charge on any atom is 0.0669 e. The number of thiol groups is 1. The second kappa shape index (κ2) is 4.74. The van der Waals surface area contributed by atoms with E-state index in [9.17, 15) is 0 Å². The van der Waals surface area contributed by atoms with Crippen molar-refractivity contribution in [3.05, 3.63) is 0 Å². The maximum atomic E-state index is 8.68. The average molecular weight is 184 g/mol. The largest absolute Gasteiger partial charge is 0.302 e. The van der Waals surface area contributed by atoms with E-state index in [2.05, 4.69) is 30.5 Å². The first-order valence-electron chi connectivity index (χ1n) is 4.49. The highest BCUT2D eigenvalue weighted by Gasteiger charge is 2.22. The summed E-state index contributed by atoms with van der Waals surface area (Å²) in [7, 11) is 0. The van der Waals surface area contributed by atoms with Crippen molar-refractivity contribution in [2.24, 2.45) is 11.8 Å². The topological polar surface area (TPSA) is 27.0 Å². The molecule has 0 aromatic heterocycles. The first kappa shape index (κ1) is 9.88. The summed E-state index contributed by atoms with van der Waals surface area (Å²) in [5.74, 6) is 1.86. The molecule has 0 N–H and O–H groups in total. The quantitative estimate of drug-likeness (QED) is 0.671. The summed E-state index contributed by atoms with van der Waals surface area (Å²) in [6, 6.07) is 2.32. The van der Waals surface area contributed by atoms with Crippen LogP contribution in [-0.4, -0.2) is 30.3 Å². The van der Waals surface area contributed by atoms with Gasteiger partial charge in [0, 0.05) is 13.1 Å². The summed E-state index contributed by atoms with van der Waals surface area (Å²) < 4.78 is 0. The molecule has 0 saturated carbocycles. The van der Waals surface area contributed by atoms with Crippen LogP contribution in [0.3, 0.4) is 0 Å². The fraction of sp³-hybridized carbons (Fsp3) is 0.889. The van der Waals surface area contributed by atoms with Crippen molar-refractivity contribution >= 4 is 12.6 Å². The van der Waals surface area contributed by atoms with Gasteiger partial charge in [-0.05, 0) is 24.6 Å². The van der Waals surface area contributed by atoms with Gasteiger partial charge in [-0.2, -0.15) is 17.9 Å². The van der Waals surface area contributed by atoms with Gasteiger partial charge in [0.2, 0.25) is 0 Å². The van der Waals surface area contributed by atoms with Crippen LogP contribution >= 0.6 is 12.6 Å². The van der Waals surface area contributed by atoms with E-state index >= 15 is 0 Å². The van der Waals surface area contributed by atoms with E-state index in [1.165, 1.54) is 0 Å². The van der Waals surface area contributed by atoms with Crippen molar-refractivity contribution in [1.82, 2.24) is 4.90 Å².